The lowest BCUT2D eigenvalue weighted by Gasteiger charge is -2.25. The summed E-state index contributed by atoms with van der Waals surface area (Å²) in [4.78, 5) is 7.27. The number of fused-ring (bicyclic) bond motifs is 1. The Kier molecular flexibility index (Phi) is 4.11. The van der Waals surface area contributed by atoms with E-state index in [9.17, 15) is 0 Å². The monoisotopic (exact) mass is 288 g/mol. The summed E-state index contributed by atoms with van der Waals surface area (Å²) < 4.78 is 0. The first kappa shape index (κ1) is 13.7. The second kappa shape index (κ2) is 6.01. The highest BCUT2D eigenvalue weighted by Crippen LogP contribution is 2.33. The largest absolute Gasteiger partial charge is 0.356 e. The van der Waals surface area contributed by atoms with Crippen molar-refractivity contribution in [3.05, 3.63) is 36.0 Å². The number of nitrogens with zero attached hydrogens (tertiary/aromatic N) is 2. The summed E-state index contributed by atoms with van der Waals surface area (Å²) in [5.41, 5.74) is 0.970. The van der Waals surface area contributed by atoms with Gasteiger partial charge in [0.15, 0.2) is 0 Å². The van der Waals surface area contributed by atoms with E-state index in [-0.39, 0.29) is 0 Å². The van der Waals surface area contributed by atoms with E-state index < -0.39 is 0 Å². The van der Waals surface area contributed by atoms with E-state index in [0.29, 0.717) is 5.88 Å². The van der Waals surface area contributed by atoms with Gasteiger partial charge < -0.3 is 4.90 Å². The van der Waals surface area contributed by atoms with Crippen molar-refractivity contribution in [3.8, 4) is 0 Å². The van der Waals surface area contributed by atoms with Gasteiger partial charge in [-0.1, -0.05) is 31.2 Å². The molecule has 106 valence electrons. The third-order valence-corrected chi connectivity index (χ3v) is 4.15. The minimum absolute atomic E-state index is 0.473. The Morgan fingerprint density at radius 3 is 2.80 bits per heavy atom. The predicted molar refractivity (Wildman–Crippen MR) is 86.5 cm³/mol. The van der Waals surface area contributed by atoms with Crippen LogP contribution in [0.5, 0.6) is 0 Å². The molecule has 2 nitrogen and oxygen atoms in total. The van der Waals surface area contributed by atoms with Gasteiger partial charge in [0.05, 0.1) is 11.6 Å². The minimum atomic E-state index is 0.473. The quantitative estimate of drug-likeness (QED) is 0.722. The smallest absolute Gasteiger partial charge is 0.136 e. The van der Waals surface area contributed by atoms with E-state index in [2.05, 4.69) is 42.2 Å². The molecule has 1 aliphatic rings. The topological polar surface area (TPSA) is 16.1 Å². The number of benzene rings is 1. The van der Waals surface area contributed by atoms with Gasteiger partial charge in [0.1, 0.15) is 5.82 Å². The van der Waals surface area contributed by atoms with Crippen LogP contribution in [0.25, 0.3) is 10.8 Å². The Labute approximate surface area is 125 Å². The summed E-state index contributed by atoms with van der Waals surface area (Å²) in [6, 6.07) is 10.6. The summed E-state index contributed by atoms with van der Waals surface area (Å²) in [5, 5.41) is 2.49. The molecule has 1 aromatic carbocycles. The third-order valence-electron chi connectivity index (χ3n) is 3.88. The molecule has 0 bridgehead atoms. The van der Waals surface area contributed by atoms with Crippen molar-refractivity contribution >= 4 is 28.2 Å². The first-order chi connectivity index (χ1) is 9.81. The van der Waals surface area contributed by atoms with Crippen LogP contribution in [0.2, 0.25) is 0 Å². The number of anilines is 1. The lowest BCUT2D eigenvalue weighted by molar-refractivity contribution is 0.701. The van der Waals surface area contributed by atoms with Crippen LogP contribution in [0.1, 0.15) is 31.9 Å². The average molecular weight is 289 g/mol. The number of rotatable bonds is 6. The molecule has 0 unspecified atom stereocenters. The summed E-state index contributed by atoms with van der Waals surface area (Å²) in [6.45, 7) is 4.43. The second-order valence-corrected chi connectivity index (χ2v) is 5.95. The molecule has 0 amide bonds. The van der Waals surface area contributed by atoms with E-state index >= 15 is 0 Å². The Morgan fingerprint density at radius 2 is 2.10 bits per heavy atom. The summed E-state index contributed by atoms with van der Waals surface area (Å²) >= 11 is 6.02. The molecule has 0 N–H and O–H groups in total. The number of aromatic nitrogens is 1. The zero-order valence-corrected chi connectivity index (χ0v) is 12.7. The van der Waals surface area contributed by atoms with E-state index in [1.807, 2.05) is 0 Å². The molecule has 3 heteroatoms. The summed E-state index contributed by atoms with van der Waals surface area (Å²) in [6.07, 6.45) is 3.88. The van der Waals surface area contributed by atoms with Gasteiger partial charge in [-0.25, -0.2) is 4.98 Å². The predicted octanol–water partition coefficient (Wildman–Crippen LogP) is 4.60. The molecule has 3 rings (SSSR count). The number of halogens is 1. The van der Waals surface area contributed by atoms with E-state index in [1.165, 1.54) is 23.6 Å². The molecule has 0 spiro atoms. The average Bonchev–Trinajstić information content (AvgIpc) is 3.29. The highest BCUT2D eigenvalue weighted by molar-refractivity contribution is 6.17. The molecule has 1 heterocycles. The summed E-state index contributed by atoms with van der Waals surface area (Å²) in [7, 11) is 0. The molecule has 1 fully saturated rings. The third kappa shape index (κ3) is 2.90. The van der Waals surface area contributed by atoms with Crippen molar-refractivity contribution in [2.24, 2.45) is 5.92 Å². The molecule has 0 atom stereocenters. The SMILES string of the molecule is CCCN(CC1CC1)c1nc(CCl)cc2ccccc12. The van der Waals surface area contributed by atoms with Crippen molar-refractivity contribution in [3.63, 3.8) is 0 Å². The van der Waals surface area contributed by atoms with Crippen LogP contribution in [-0.4, -0.2) is 18.1 Å². The summed E-state index contributed by atoms with van der Waals surface area (Å²) in [5.74, 6) is 2.45. The van der Waals surface area contributed by atoms with Gasteiger partial charge in [-0.3, -0.25) is 0 Å². The number of alkyl halides is 1. The lowest BCUT2D eigenvalue weighted by atomic mass is 10.1. The first-order valence-corrected chi connectivity index (χ1v) is 8.05. The van der Waals surface area contributed by atoms with Crippen molar-refractivity contribution < 1.29 is 0 Å². The second-order valence-electron chi connectivity index (χ2n) is 5.68. The van der Waals surface area contributed by atoms with Crippen LogP contribution >= 0.6 is 11.6 Å². The molecular weight excluding hydrogens is 268 g/mol. The number of pyridine rings is 1. The standard InChI is InChI=1S/C17H21ClN2/c1-2-9-20(12-13-7-8-13)17-16-6-4-3-5-14(16)10-15(11-18)19-17/h3-6,10,13H,2,7-9,11-12H2,1H3. The van der Waals surface area contributed by atoms with Crippen LogP contribution < -0.4 is 4.90 Å². The lowest BCUT2D eigenvalue weighted by Crippen LogP contribution is -2.27. The number of hydrogen-bond donors (Lipinski definition) is 0. The molecule has 1 aliphatic carbocycles. The maximum atomic E-state index is 6.02. The van der Waals surface area contributed by atoms with E-state index in [4.69, 9.17) is 16.6 Å². The maximum absolute atomic E-state index is 6.02. The van der Waals surface area contributed by atoms with Gasteiger partial charge in [-0.15, -0.1) is 11.6 Å². The van der Waals surface area contributed by atoms with Gasteiger partial charge in [-0.2, -0.15) is 0 Å². The fourth-order valence-corrected chi connectivity index (χ4v) is 2.85. The van der Waals surface area contributed by atoms with Crippen molar-refractivity contribution in [1.82, 2.24) is 4.98 Å². The molecule has 2 aromatic rings. The maximum Gasteiger partial charge on any atom is 0.136 e. The van der Waals surface area contributed by atoms with Crippen molar-refractivity contribution in [1.29, 1.82) is 0 Å². The Bertz CT molecular complexity index is 593. The first-order valence-electron chi connectivity index (χ1n) is 7.51. The van der Waals surface area contributed by atoms with Gasteiger partial charge in [0, 0.05) is 18.5 Å². The van der Waals surface area contributed by atoms with Gasteiger partial charge >= 0.3 is 0 Å². The molecule has 0 saturated heterocycles. The van der Waals surface area contributed by atoms with Gasteiger partial charge in [0.2, 0.25) is 0 Å². The van der Waals surface area contributed by atoms with Crippen molar-refractivity contribution in [2.45, 2.75) is 32.1 Å². The Balaban J connectivity index is 2.05. The molecular formula is C17H21ClN2. The van der Waals surface area contributed by atoms with Crippen LogP contribution in [0.15, 0.2) is 30.3 Å². The van der Waals surface area contributed by atoms with Crippen molar-refractivity contribution in [2.75, 3.05) is 18.0 Å². The molecule has 20 heavy (non-hydrogen) atoms. The van der Waals surface area contributed by atoms with Crippen LogP contribution in [0.3, 0.4) is 0 Å². The van der Waals surface area contributed by atoms with Crippen LogP contribution in [-0.2, 0) is 5.88 Å². The number of hydrogen-bond acceptors (Lipinski definition) is 2. The zero-order chi connectivity index (χ0) is 13.9. The van der Waals surface area contributed by atoms with Gasteiger partial charge in [0.25, 0.3) is 0 Å². The minimum Gasteiger partial charge on any atom is -0.356 e. The highest BCUT2D eigenvalue weighted by atomic mass is 35.5. The van der Waals surface area contributed by atoms with Crippen LogP contribution in [0, 0.1) is 5.92 Å². The highest BCUT2D eigenvalue weighted by Gasteiger charge is 2.25. The van der Waals surface area contributed by atoms with Crippen LogP contribution in [0.4, 0.5) is 5.82 Å². The normalized spacial score (nSPS) is 14.7. The fourth-order valence-electron chi connectivity index (χ4n) is 2.71. The Morgan fingerprint density at radius 1 is 1.30 bits per heavy atom. The molecule has 0 radical (unpaired) electrons. The zero-order valence-electron chi connectivity index (χ0n) is 12.0. The molecule has 0 aliphatic heterocycles. The van der Waals surface area contributed by atoms with Gasteiger partial charge in [-0.05, 0) is 36.6 Å². The Hall–Kier alpha value is -1.28. The van der Waals surface area contributed by atoms with E-state index in [1.54, 1.807) is 0 Å². The molecule has 1 aromatic heterocycles. The molecule has 1 saturated carbocycles. The van der Waals surface area contributed by atoms with E-state index in [0.717, 1.165) is 36.9 Å². The fraction of sp³-hybridized carbons (Fsp3) is 0.471.